The average molecular weight is 350 g/mol. The van der Waals surface area contributed by atoms with Crippen LogP contribution in [0.1, 0.15) is 50.3 Å². The number of likely N-dealkylation sites (tertiary alicyclic amines) is 1. The van der Waals surface area contributed by atoms with Crippen LogP contribution >= 0.6 is 11.3 Å². The highest BCUT2D eigenvalue weighted by Crippen LogP contribution is 2.22. The third kappa shape index (κ3) is 5.57. The molecule has 2 fully saturated rings. The average Bonchev–Trinajstić information content (AvgIpc) is 3.07. The van der Waals surface area contributed by atoms with Crippen molar-refractivity contribution >= 4 is 17.2 Å². The predicted octanol–water partition coefficient (Wildman–Crippen LogP) is 3.00. The van der Waals surface area contributed by atoms with Gasteiger partial charge in [0.1, 0.15) is 0 Å². The van der Waals surface area contributed by atoms with Gasteiger partial charge in [-0.1, -0.05) is 6.07 Å². The zero-order chi connectivity index (χ0) is 16.8. The lowest BCUT2D eigenvalue weighted by Gasteiger charge is -2.35. The molecular weight excluding hydrogens is 318 g/mol. The Morgan fingerprint density at radius 1 is 1.25 bits per heavy atom. The zero-order valence-corrected chi connectivity index (χ0v) is 15.6. The molecule has 2 aliphatic rings. The second-order valence-electron chi connectivity index (χ2n) is 7.48. The molecule has 134 valence electrons. The van der Waals surface area contributed by atoms with Crippen LogP contribution in [0.4, 0.5) is 0 Å². The van der Waals surface area contributed by atoms with Crippen LogP contribution in [0.5, 0.6) is 0 Å². The van der Waals surface area contributed by atoms with Crippen molar-refractivity contribution in [3.8, 4) is 0 Å². The van der Waals surface area contributed by atoms with Gasteiger partial charge in [-0.15, -0.1) is 11.3 Å². The van der Waals surface area contributed by atoms with Crippen molar-refractivity contribution in [2.75, 3.05) is 19.6 Å². The number of carbonyl (C=O) groups is 1. The minimum atomic E-state index is 0.111. The third-order valence-corrected chi connectivity index (χ3v) is 6.25. The van der Waals surface area contributed by atoms with Crippen LogP contribution < -0.4 is 10.6 Å². The van der Waals surface area contributed by atoms with Crippen LogP contribution in [0, 0.1) is 5.92 Å². The van der Waals surface area contributed by atoms with E-state index in [-0.39, 0.29) is 5.91 Å². The van der Waals surface area contributed by atoms with Gasteiger partial charge in [-0.05, 0) is 69.0 Å². The first-order valence-corrected chi connectivity index (χ1v) is 10.3. The molecule has 4 nitrogen and oxygen atoms in total. The fourth-order valence-corrected chi connectivity index (χ4v) is 4.89. The Kier molecular flexibility index (Phi) is 6.69. The standard InChI is InChI=1S/C19H31N3OS/c1-15(23)21-18-8-6-17(7-9-18)20-12-16-4-2-10-22(13-16)14-19-5-3-11-24-19/h3,5,11,16-18,20H,2,4,6-10,12-14H2,1H3,(H,21,23). The van der Waals surface area contributed by atoms with Gasteiger partial charge in [0.25, 0.3) is 0 Å². The molecule has 5 heteroatoms. The molecule has 1 unspecified atom stereocenters. The first kappa shape index (κ1) is 17.9. The molecule has 1 aliphatic heterocycles. The highest BCUT2D eigenvalue weighted by molar-refractivity contribution is 7.09. The molecule has 1 atom stereocenters. The monoisotopic (exact) mass is 349 g/mol. The number of nitrogens with one attached hydrogen (secondary N) is 2. The van der Waals surface area contributed by atoms with Gasteiger partial charge in [0.15, 0.2) is 0 Å². The highest BCUT2D eigenvalue weighted by Gasteiger charge is 2.24. The van der Waals surface area contributed by atoms with Crippen LogP contribution in [-0.2, 0) is 11.3 Å². The normalized spacial score (nSPS) is 28.6. The van der Waals surface area contributed by atoms with Gasteiger partial charge in [-0.2, -0.15) is 0 Å². The van der Waals surface area contributed by atoms with Crippen molar-refractivity contribution in [3.63, 3.8) is 0 Å². The van der Waals surface area contributed by atoms with E-state index < -0.39 is 0 Å². The van der Waals surface area contributed by atoms with E-state index in [0.717, 1.165) is 31.8 Å². The summed E-state index contributed by atoms with van der Waals surface area (Å²) in [6.07, 6.45) is 7.30. The maximum atomic E-state index is 11.1. The quantitative estimate of drug-likeness (QED) is 0.830. The van der Waals surface area contributed by atoms with Crippen LogP contribution in [0.2, 0.25) is 0 Å². The van der Waals surface area contributed by atoms with E-state index in [1.165, 1.54) is 43.6 Å². The van der Waals surface area contributed by atoms with Crippen LogP contribution in [0.3, 0.4) is 0 Å². The summed E-state index contributed by atoms with van der Waals surface area (Å²) in [5.41, 5.74) is 0. The molecular formula is C19H31N3OS. The lowest BCUT2D eigenvalue weighted by molar-refractivity contribution is -0.119. The van der Waals surface area contributed by atoms with E-state index in [2.05, 4.69) is 33.0 Å². The van der Waals surface area contributed by atoms with Crippen molar-refractivity contribution in [3.05, 3.63) is 22.4 Å². The molecule has 3 rings (SSSR count). The summed E-state index contributed by atoms with van der Waals surface area (Å²) in [4.78, 5) is 15.2. The minimum absolute atomic E-state index is 0.111. The van der Waals surface area contributed by atoms with E-state index in [1.54, 1.807) is 6.92 Å². The number of nitrogens with zero attached hydrogens (tertiary/aromatic N) is 1. The van der Waals surface area contributed by atoms with E-state index in [9.17, 15) is 4.79 Å². The van der Waals surface area contributed by atoms with Crippen molar-refractivity contribution in [2.45, 2.75) is 64.1 Å². The summed E-state index contributed by atoms with van der Waals surface area (Å²) in [6, 6.07) is 5.44. The van der Waals surface area contributed by atoms with Crippen molar-refractivity contribution in [1.82, 2.24) is 15.5 Å². The molecule has 24 heavy (non-hydrogen) atoms. The van der Waals surface area contributed by atoms with Crippen LogP contribution in [0.15, 0.2) is 17.5 Å². The molecule has 1 aromatic heterocycles. The van der Waals surface area contributed by atoms with E-state index in [4.69, 9.17) is 0 Å². The van der Waals surface area contributed by atoms with Gasteiger partial charge in [-0.3, -0.25) is 9.69 Å². The summed E-state index contributed by atoms with van der Waals surface area (Å²) in [6.45, 7) is 6.37. The van der Waals surface area contributed by atoms with E-state index in [1.807, 2.05) is 11.3 Å². The Bertz CT molecular complexity index is 497. The summed E-state index contributed by atoms with van der Waals surface area (Å²) in [7, 11) is 0. The third-order valence-electron chi connectivity index (χ3n) is 5.39. The molecule has 1 saturated carbocycles. The maximum Gasteiger partial charge on any atom is 0.217 e. The number of amides is 1. The smallest absolute Gasteiger partial charge is 0.217 e. The van der Waals surface area contributed by atoms with E-state index in [0.29, 0.717) is 12.1 Å². The largest absolute Gasteiger partial charge is 0.354 e. The Hall–Kier alpha value is -0.910. The molecule has 0 bridgehead atoms. The van der Waals surface area contributed by atoms with Crippen molar-refractivity contribution in [1.29, 1.82) is 0 Å². The Balaban J connectivity index is 1.35. The summed E-state index contributed by atoms with van der Waals surface area (Å²) in [5, 5.41) is 9.05. The fraction of sp³-hybridized carbons (Fsp3) is 0.737. The second-order valence-corrected chi connectivity index (χ2v) is 8.51. The summed E-state index contributed by atoms with van der Waals surface area (Å²) >= 11 is 1.87. The topological polar surface area (TPSA) is 44.4 Å². The molecule has 0 spiro atoms. The number of carbonyl (C=O) groups excluding carboxylic acids is 1. The molecule has 1 aliphatic carbocycles. The lowest BCUT2D eigenvalue weighted by Crippen LogP contribution is -2.45. The molecule has 0 aromatic carbocycles. The SMILES string of the molecule is CC(=O)NC1CCC(NCC2CCCN(Cc3cccs3)C2)CC1. The molecule has 1 aromatic rings. The second kappa shape index (κ2) is 8.97. The highest BCUT2D eigenvalue weighted by atomic mass is 32.1. The molecule has 1 saturated heterocycles. The Labute approximate surface area is 150 Å². The first-order chi connectivity index (χ1) is 11.7. The zero-order valence-electron chi connectivity index (χ0n) is 14.8. The molecule has 2 heterocycles. The van der Waals surface area contributed by atoms with Gasteiger partial charge in [-0.25, -0.2) is 0 Å². The summed E-state index contributed by atoms with van der Waals surface area (Å²) < 4.78 is 0. The van der Waals surface area contributed by atoms with Crippen LogP contribution in [0.25, 0.3) is 0 Å². The van der Waals surface area contributed by atoms with Gasteiger partial charge in [0, 0.05) is 37.0 Å². The lowest BCUT2D eigenvalue weighted by atomic mass is 9.90. The van der Waals surface area contributed by atoms with Crippen molar-refractivity contribution < 1.29 is 4.79 Å². The minimum Gasteiger partial charge on any atom is -0.354 e. The molecule has 0 radical (unpaired) electrons. The van der Waals surface area contributed by atoms with Gasteiger partial charge >= 0.3 is 0 Å². The number of piperidine rings is 1. The molecule has 2 N–H and O–H groups in total. The van der Waals surface area contributed by atoms with Gasteiger partial charge in [0.2, 0.25) is 5.91 Å². The van der Waals surface area contributed by atoms with E-state index >= 15 is 0 Å². The van der Waals surface area contributed by atoms with Crippen LogP contribution in [-0.4, -0.2) is 42.5 Å². The van der Waals surface area contributed by atoms with Gasteiger partial charge in [0.05, 0.1) is 0 Å². The fourth-order valence-electron chi connectivity index (χ4n) is 4.15. The number of thiophene rings is 1. The van der Waals surface area contributed by atoms with Gasteiger partial charge < -0.3 is 10.6 Å². The predicted molar refractivity (Wildman–Crippen MR) is 100 cm³/mol. The Morgan fingerprint density at radius 2 is 2.04 bits per heavy atom. The summed E-state index contributed by atoms with van der Waals surface area (Å²) in [5.74, 6) is 0.895. The Morgan fingerprint density at radius 3 is 2.75 bits per heavy atom. The first-order valence-electron chi connectivity index (χ1n) is 9.44. The maximum absolute atomic E-state index is 11.1. The van der Waals surface area contributed by atoms with Crippen molar-refractivity contribution in [2.24, 2.45) is 5.92 Å². The number of rotatable bonds is 6. The number of hydrogen-bond donors (Lipinski definition) is 2. The number of hydrogen-bond acceptors (Lipinski definition) is 4. The molecule has 1 amide bonds.